The highest BCUT2D eigenvalue weighted by Crippen LogP contribution is 2.28. The first-order valence-electron chi connectivity index (χ1n) is 6.36. The molecule has 0 aliphatic heterocycles. The number of thiophene rings is 1. The van der Waals surface area contributed by atoms with E-state index in [4.69, 9.17) is 0 Å². The van der Waals surface area contributed by atoms with E-state index in [1.807, 2.05) is 0 Å². The molecule has 114 valence electrons. The van der Waals surface area contributed by atoms with E-state index in [1.165, 1.54) is 23.5 Å². The zero-order valence-corrected chi connectivity index (χ0v) is 13.7. The monoisotopic (exact) mass is 328 g/mol. The summed E-state index contributed by atoms with van der Waals surface area (Å²) in [5, 5.41) is 2.98. The number of anilines is 1. The van der Waals surface area contributed by atoms with Crippen LogP contribution in [-0.4, -0.2) is 15.5 Å². The Hall–Kier alpha value is -1.44. The molecule has 0 amide bonds. The van der Waals surface area contributed by atoms with E-state index in [0.717, 1.165) is 10.4 Å². The largest absolute Gasteiger partial charge is 0.315 e. The first-order chi connectivity index (χ1) is 9.83. The first-order valence-corrected chi connectivity index (χ1v) is 8.66. The molecule has 2 N–H and O–H groups in total. The summed E-state index contributed by atoms with van der Waals surface area (Å²) < 4.78 is 40.9. The summed E-state index contributed by atoms with van der Waals surface area (Å²) in [7, 11) is -1.99. The molecule has 4 nitrogen and oxygen atoms in total. The Balaban J connectivity index is 2.34. The van der Waals surface area contributed by atoms with Gasteiger partial charge in [-0.05, 0) is 44.7 Å². The molecule has 0 fully saturated rings. The standard InChI is InChI=1S/C14H17FN2O2S2/c1-9-4-5-13(12(15)6-9)17-21(18,19)14-7-11(8-16-3)20-10(14)2/h4-7,16-17H,8H2,1-3H3. The van der Waals surface area contributed by atoms with Crippen molar-refractivity contribution >= 4 is 27.0 Å². The summed E-state index contributed by atoms with van der Waals surface area (Å²) in [6.07, 6.45) is 0. The Labute approximate surface area is 128 Å². The minimum atomic E-state index is -3.78. The molecule has 2 aromatic rings. The molecule has 0 unspecified atom stereocenters. The lowest BCUT2D eigenvalue weighted by Gasteiger charge is -2.09. The fourth-order valence-corrected chi connectivity index (χ4v) is 4.67. The van der Waals surface area contributed by atoms with Gasteiger partial charge in [-0.2, -0.15) is 0 Å². The predicted molar refractivity (Wildman–Crippen MR) is 83.8 cm³/mol. The van der Waals surface area contributed by atoms with Crippen molar-refractivity contribution in [1.29, 1.82) is 0 Å². The van der Waals surface area contributed by atoms with Gasteiger partial charge >= 0.3 is 0 Å². The molecule has 0 saturated heterocycles. The molecule has 2 rings (SSSR count). The van der Waals surface area contributed by atoms with Gasteiger partial charge in [0, 0.05) is 16.3 Å². The second kappa shape index (κ2) is 6.13. The third kappa shape index (κ3) is 3.61. The second-order valence-corrected chi connectivity index (χ2v) is 7.74. The van der Waals surface area contributed by atoms with Crippen molar-refractivity contribution in [2.24, 2.45) is 0 Å². The Morgan fingerprint density at radius 1 is 1.24 bits per heavy atom. The van der Waals surface area contributed by atoms with Crippen molar-refractivity contribution in [2.45, 2.75) is 25.3 Å². The molecule has 0 bridgehead atoms. The highest BCUT2D eigenvalue weighted by atomic mass is 32.2. The van der Waals surface area contributed by atoms with Gasteiger partial charge in [-0.25, -0.2) is 12.8 Å². The minimum Gasteiger partial charge on any atom is -0.315 e. The average molecular weight is 328 g/mol. The van der Waals surface area contributed by atoms with Crippen LogP contribution in [0.2, 0.25) is 0 Å². The topological polar surface area (TPSA) is 58.2 Å². The number of hydrogen-bond acceptors (Lipinski definition) is 4. The normalized spacial score (nSPS) is 11.6. The Bertz CT molecular complexity index is 754. The number of halogens is 1. The number of rotatable bonds is 5. The van der Waals surface area contributed by atoms with E-state index in [0.29, 0.717) is 11.4 Å². The molecular formula is C14H17FN2O2S2. The van der Waals surface area contributed by atoms with Gasteiger partial charge in [0.15, 0.2) is 0 Å². The minimum absolute atomic E-state index is 0.0404. The molecule has 0 radical (unpaired) electrons. The summed E-state index contributed by atoms with van der Waals surface area (Å²) >= 11 is 1.41. The van der Waals surface area contributed by atoms with Gasteiger partial charge < -0.3 is 5.32 Å². The van der Waals surface area contributed by atoms with Crippen LogP contribution in [0, 0.1) is 19.7 Å². The van der Waals surface area contributed by atoms with E-state index in [2.05, 4.69) is 10.0 Å². The molecule has 0 atom stereocenters. The van der Waals surface area contributed by atoms with Gasteiger partial charge in [0.2, 0.25) is 0 Å². The lowest BCUT2D eigenvalue weighted by molar-refractivity contribution is 0.598. The molecule has 1 heterocycles. The highest BCUT2D eigenvalue weighted by Gasteiger charge is 2.21. The fraction of sp³-hybridized carbons (Fsp3) is 0.286. The predicted octanol–water partition coefficient (Wildman–Crippen LogP) is 3.02. The van der Waals surface area contributed by atoms with Gasteiger partial charge in [0.25, 0.3) is 10.0 Å². The molecule has 0 aliphatic rings. The van der Waals surface area contributed by atoms with Crippen molar-refractivity contribution in [1.82, 2.24) is 5.32 Å². The van der Waals surface area contributed by atoms with Crippen molar-refractivity contribution in [3.05, 3.63) is 45.4 Å². The molecule has 21 heavy (non-hydrogen) atoms. The van der Waals surface area contributed by atoms with E-state index in [1.54, 1.807) is 33.0 Å². The van der Waals surface area contributed by atoms with Crippen LogP contribution in [0.25, 0.3) is 0 Å². The van der Waals surface area contributed by atoms with Gasteiger partial charge in [-0.1, -0.05) is 6.07 Å². The Morgan fingerprint density at radius 3 is 2.57 bits per heavy atom. The SMILES string of the molecule is CNCc1cc(S(=O)(=O)Nc2ccc(C)cc2F)c(C)s1. The third-order valence-electron chi connectivity index (χ3n) is 2.93. The lowest BCUT2D eigenvalue weighted by atomic mass is 10.2. The van der Waals surface area contributed by atoms with Crippen molar-refractivity contribution in [2.75, 3.05) is 11.8 Å². The smallest absolute Gasteiger partial charge is 0.263 e. The molecule has 1 aromatic carbocycles. The summed E-state index contributed by atoms with van der Waals surface area (Å²) in [5.41, 5.74) is 0.694. The zero-order valence-electron chi connectivity index (χ0n) is 12.0. The van der Waals surface area contributed by atoms with Crippen LogP contribution >= 0.6 is 11.3 Å². The Morgan fingerprint density at radius 2 is 1.95 bits per heavy atom. The van der Waals surface area contributed by atoms with Crippen LogP contribution in [-0.2, 0) is 16.6 Å². The maximum atomic E-state index is 13.8. The molecule has 0 spiro atoms. The van der Waals surface area contributed by atoms with Crippen LogP contribution in [0.1, 0.15) is 15.3 Å². The number of nitrogens with one attached hydrogen (secondary N) is 2. The van der Waals surface area contributed by atoms with E-state index in [-0.39, 0.29) is 10.6 Å². The van der Waals surface area contributed by atoms with Crippen molar-refractivity contribution < 1.29 is 12.8 Å². The van der Waals surface area contributed by atoms with E-state index in [9.17, 15) is 12.8 Å². The van der Waals surface area contributed by atoms with Crippen LogP contribution in [0.3, 0.4) is 0 Å². The van der Waals surface area contributed by atoms with E-state index >= 15 is 0 Å². The average Bonchev–Trinajstić information content (AvgIpc) is 2.75. The highest BCUT2D eigenvalue weighted by molar-refractivity contribution is 7.93. The fourth-order valence-electron chi connectivity index (χ4n) is 1.96. The maximum Gasteiger partial charge on any atom is 0.263 e. The van der Waals surface area contributed by atoms with Crippen LogP contribution < -0.4 is 10.0 Å². The molecular weight excluding hydrogens is 311 g/mol. The molecule has 0 saturated carbocycles. The van der Waals surface area contributed by atoms with Crippen molar-refractivity contribution in [3.8, 4) is 0 Å². The van der Waals surface area contributed by atoms with Gasteiger partial charge in [0.05, 0.1) is 5.69 Å². The zero-order chi connectivity index (χ0) is 15.6. The molecule has 0 aliphatic carbocycles. The summed E-state index contributed by atoms with van der Waals surface area (Å²) in [4.78, 5) is 1.79. The van der Waals surface area contributed by atoms with Gasteiger partial charge in [-0.15, -0.1) is 11.3 Å². The molecule has 7 heteroatoms. The first kappa shape index (κ1) is 15.9. The van der Waals surface area contributed by atoms with Crippen molar-refractivity contribution in [3.63, 3.8) is 0 Å². The van der Waals surface area contributed by atoms with Gasteiger partial charge in [0.1, 0.15) is 10.7 Å². The van der Waals surface area contributed by atoms with Crippen LogP contribution in [0.5, 0.6) is 0 Å². The summed E-state index contributed by atoms with van der Waals surface area (Å²) in [6.45, 7) is 4.08. The van der Waals surface area contributed by atoms with E-state index < -0.39 is 15.8 Å². The Kier molecular flexibility index (Phi) is 4.65. The maximum absolute atomic E-state index is 13.8. The second-order valence-electron chi connectivity index (χ2n) is 4.75. The summed E-state index contributed by atoms with van der Waals surface area (Å²) in [5.74, 6) is -0.582. The molecule has 1 aromatic heterocycles. The quantitative estimate of drug-likeness (QED) is 0.887. The van der Waals surface area contributed by atoms with Crippen LogP contribution in [0.4, 0.5) is 10.1 Å². The van der Waals surface area contributed by atoms with Gasteiger partial charge in [-0.3, -0.25) is 4.72 Å². The van der Waals surface area contributed by atoms with Crippen LogP contribution in [0.15, 0.2) is 29.2 Å². The lowest BCUT2D eigenvalue weighted by Crippen LogP contribution is -2.14. The third-order valence-corrected chi connectivity index (χ3v) is 5.60. The number of sulfonamides is 1. The number of aryl methyl sites for hydroxylation is 2. The number of benzene rings is 1. The number of hydrogen-bond donors (Lipinski definition) is 2. The summed E-state index contributed by atoms with van der Waals surface area (Å²) in [6, 6.07) is 6.00.